The lowest BCUT2D eigenvalue weighted by Crippen LogP contribution is -2.13. The number of nitrogens with two attached hydrogens (primary N) is 1. The molecule has 1 atom stereocenters. The molecule has 1 aliphatic carbocycles. The van der Waals surface area contributed by atoms with Gasteiger partial charge in [-0.15, -0.1) is 0 Å². The highest BCUT2D eigenvalue weighted by atomic mass is 35.5. The van der Waals surface area contributed by atoms with Gasteiger partial charge >= 0.3 is 0 Å². The Hall–Kier alpha value is -0.310. The largest absolute Gasteiger partial charge is 0.324 e. The number of aromatic nitrogens is 1. The fourth-order valence-corrected chi connectivity index (χ4v) is 1.86. The van der Waals surface area contributed by atoms with Crippen LogP contribution in [0, 0.1) is 5.92 Å². The number of hydrogen-bond acceptors (Lipinski definition) is 2. The van der Waals surface area contributed by atoms with E-state index >= 15 is 0 Å². The zero-order valence-electron chi connectivity index (χ0n) is 7.00. The summed E-state index contributed by atoms with van der Waals surface area (Å²) >= 11 is 11.7. The standard InChI is InChI=1S/C9H10Cl2N2/c10-7-3-8(11)13-4-6(7)9(12)5-1-2-5/h3-5,9H,1-2,12H2/t9-/m1/s1. The van der Waals surface area contributed by atoms with E-state index in [0.29, 0.717) is 16.1 Å². The summed E-state index contributed by atoms with van der Waals surface area (Å²) in [5.74, 6) is 0.584. The summed E-state index contributed by atoms with van der Waals surface area (Å²) in [5, 5.41) is 1.04. The van der Waals surface area contributed by atoms with Crippen LogP contribution in [0.2, 0.25) is 10.2 Å². The maximum atomic E-state index is 5.99. The maximum absolute atomic E-state index is 5.99. The molecule has 0 amide bonds. The highest BCUT2D eigenvalue weighted by molar-refractivity contribution is 6.34. The number of hydrogen-bond donors (Lipinski definition) is 1. The van der Waals surface area contributed by atoms with Crippen molar-refractivity contribution < 1.29 is 0 Å². The van der Waals surface area contributed by atoms with Crippen LogP contribution in [-0.4, -0.2) is 4.98 Å². The summed E-state index contributed by atoms with van der Waals surface area (Å²) < 4.78 is 0. The van der Waals surface area contributed by atoms with Gasteiger partial charge in [0.1, 0.15) is 5.15 Å². The third-order valence-electron chi connectivity index (χ3n) is 2.34. The van der Waals surface area contributed by atoms with Crippen LogP contribution < -0.4 is 5.73 Å². The van der Waals surface area contributed by atoms with Crippen LogP contribution in [0.1, 0.15) is 24.4 Å². The second-order valence-electron chi connectivity index (χ2n) is 3.39. The third kappa shape index (κ3) is 1.96. The first-order chi connectivity index (χ1) is 6.18. The van der Waals surface area contributed by atoms with E-state index in [1.54, 1.807) is 12.3 Å². The molecule has 13 heavy (non-hydrogen) atoms. The molecule has 1 aromatic heterocycles. The Balaban J connectivity index is 2.28. The average molecular weight is 217 g/mol. The summed E-state index contributed by atoms with van der Waals surface area (Å²) in [6, 6.07) is 1.66. The van der Waals surface area contributed by atoms with E-state index in [4.69, 9.17) is 28.9 Å². The van der Waals surface area contributed by atoms with E-state index in [1.165, 1.54) is 12.8 Å². The van der Waals surface area contributed by atoms with Crippen molar-refractivity contribution in [3.05, 3.63) is 28.0 Å². The zero-order valence-corrected chi connectivity index (χ0v) is 8.52. The molecule has 0 radical (unpaired) electrons. The monoisotopic (exact) mass is 216 g/mol. The van der Waals surface area contributed by atoms with Crippen LogP contribution >= 0.6 is 23.2 Å². The van der Waals surface area contributed by atoms with Crippen molar-refractivity contribution in [3.8, 4) is 0 Å². The Kier molecular flexibility index (Phi) is 2.45. The van der Waals surface area contributed by atoms with Crippen LogP contribution in [0.3, 0.4) is 0 Å². The minimum atomic E-state index is 0.0252. The molecule has 1 heterocycles. The van der Waals surface area contributed by atoms with E-state index in [0.717, 1.165) is 5.56 Å². The van der Waals surface area contributed by atoms with Crippen molar-refractivity contribution in [1.29, 1.82) is 0 Å². The van der Waals surface area contributed by atoms with Gasteiger partial charge in [-0.25, -0.2) is 4.98 Å². The minimum absolute atomic E-state index is 0.0252. The van der Waals surface area contributed by atoms with Gasteiger partial charge in [-0.2, -0.15) is 0 Å². The molecule has 2 rings (SSSR count). The van der Waals surface area contributed by atoms with Gasteiger partial charge in [0, 0.05) is 22.8 Å². The predicted octanol–water partition coefficient (Wildman–Crippen LogP) is 2.80. The zero-order chi connectivity index (χ0) is 9.42. The fraction of sp³-hybridized carbons (Fsp3) is 0.444. The normalized spacial score (nSPS) is 18.7. The second kappa shape index (κ2) is 3.45. The Labute approximate surface area is 87.1 Å². The summed E-state index contributed by atoms with van der Waals surface area (Å²) in [6.45, 7) is 0. The van der Waals surface area contributed by atoms with Crippen LogP contribution in [0.5, 0.6) is 0 Å². The predicted molar refractivity (Wildman–Crippen MR) is 53.9 cm³/mol. The van der Waals surface area contributed by atoms with Gasteiger partial charge in [-0.1, -0.05) is 23.2 Å². The Morgan fingerprint density at radius 3 is 2.69 bits per heavy atom. The molecule has 70 valence electrons. The first-order valence-electron chi connectivity index (χ1n) is 4.25. The first kappa shape index (κ1) is 9.25. The molecule has 2 nitrogen and oxygen atoms in total. The molecule has 0 aromatic carbocycles. The lowest BCUT2D eigenvalue weighted by molar-refractivity contribution is 0.631. The van der Waals surface area contributed by atoms with Crippen LogP contribution in [-0.2, 0) is 0 Å². The Morgan fingerprint density at radius 1 is 1.46 bits per heavy atom. The molecule has 1 aliphatic rings. The van der Waals surface area contributed by atoms with Crippen LogP contribution in [0.25, 0.3) is 0 Å². The van der Waals surface area contributed by atoms with E-state index < -0.39 is 0 Å². The molecule has 4 heteroatoms. The van der Waals surface area contributed by atoms with Gasteiger partial charge in [0.25, 0.3) is 0 Å². The molecule has 1 fully saturated rings. The number of rotatable bonds is 2. The van der Waals surface area contributed by atoms with Gasteiger partial charge in [-0.05, 0) is 24.8 Å². The van der Waals surface area contributed by atoms with E-state index in [9.17, 15) is 0 Å². The molecule has 0 unspecified atom stereocenters. The molecule has 2 N–H and O–H groups in total. The van der Waals surface area contributed by atoms with Crippen molar-refractivity contribution in [2.45, 2.75) is 18.9 Å². The van der Waals surface area contributed by atoms with E-state index in [-0.39, 0.29) is 6.04 Å². The molecular formula is C9H10Cl2N2. The van der Waals surface area contributed by atoms with Crippen molar-refractivity contribution in [2.24, 2.45) is 11.7 Å². The van der Waals surface area contributed by atoms with Crippen molar-refractivity contribution in [1.82, 2.24) is 4.98 Å². The summed E-state index contributed by atoms with van der Waals surface area (Å²) in [5.41, 5.74) is 6.89. The molecule has 1 aromatic rings. The van der Waals surface area contributed by atoms with Gasteiger partial charge < -0.3 is 5.73 Å². The van der Waals surface area contributed by atoms with E-state index in [1.807, 2.05) is 0 Å². The number of nitrogens with zero attached hydrogens (tertiary/aromatic N) is 1. The molecule has 0 spiro atoms. The highest BCUT2D eigenvalue weighted by Crippen LogP contribution is 2.41. The number of halogens is 2. The summed E-state index contributed by atoms with van der Waals surface area (Å²) in [4.78, 5) is 3.97. The SMILES string of the molecule is N[C@@H](c1cnc(Cl)cc1Cl)C1CC1. The molecule has 0 aliphatic heterocycles. The summed E-state index contributed by atoms with van der Waals surface area (Å²) in [6.07, 6.45) is 4.06. The average Bonchev–Trinajstić information content (AvgIpc) is 2.85. The van der Waals surface area contributed by atoms with Crippen LogP contribution in [0.15, 0.2) is 12.3 Å². The Morgan fingerprint density at radius 2 is 2.15 bits per heavy atom. The molecule has 0 bridgehead atoms. The van der Waals surface area contributed by atoms with Crippen molar-refractivity contribution >= 4 is 23.2 Å². The maximum Gasteiger partial charge on any atom is 0.130 e. The smallest absolute Gasteiger partial charge is 0.130 e. The summed E-state index contributed by atoms with van der Waals surface area (Å²) in [7, 11) is 0. The number of pyridine rings is 1. The quantitative estimate of drug-likeness (QED) is 0.773. The third-order valence-corrected chi connectivity index (χ3v) is 2.87. The fourth-order valence-electron chi connectivity index (χ4n) is 1.37. The van der Waals surface area contributed by atoms with Crippen molar-refractivity contribution in [2.75, 3.05) is 0 Å². The lowest BCUT2D eigenvalue weighted by Gasteiger charge is -2.11. The molecule has 1 saturated carbocycles. The van der Waals surface area contributed by atoms with Crippen LogP contribution in [0.4, 0.5) is 0 Å². The molecular weight excluding hydrogens is 207 g/mol. The van der Waals surface area contributed by atoms with E-state index in [2.05, 4.69) is 4.98 Å². The van der Waals surface area contributed by atoms with Gasteiger partial charge in [-0.3, -0.25) is 0 Å². The van der Waals surface area contributed by atoms with Gasteiger partial charge in [0.05, 0.1) is 0 Å². The molecule has 0 saturated heterocycles. The Bertz CT molecular complexity index is 323. The van der Waals surface area contributed by atoms with Gasteiger partial charge in [0.2, 0.25) is 0 Å². The first-order valence-corrected chi connectivity index (χ1v) is 5.00. The topological polar surface area (TPSA) is 38.9 Å². The second-order valence-corrected chi connectivity index (χ2v) is 4.19. The highest BCUT2D eigenvalue weighted by Gasteiger charge is 2.30. The minimum Gasteiger partial charge on any atom is -0.324 e. The van der Waals surface area contributed by atoms with Gasteiger partial charge in [0.15, 0.2) is 0 Å². The van der Waals surface area contributed by atoms with Crippen molar-refractivity contribution in [3.63, 3.8) is 0 Å². The lowest BCUT2D eigenvalue weighted by atomic mass is 10.1.